The number of thiophene rings is 1. The number of aromatic nitrogens is 2. The highest BCUT2D eigenvalue weighted by atomic mass is 32.1. The Morgan fingerprint density at radius 1 is 1.36 bits per heavy atom. The SMILES string of the molecule is CCCCCCc1sc(C(N)=O)c2c1-c1c(cnn1C)CC2. The zero-order valence-corrected chi connectivity index (χ0v) is 14.1. The van der Waals surface area contributed by atoms with Crippen molar-refractivity contribution in [1.29, 1.82) is 0 Å². The van der Waals surface area contributed by atoms with Gasteiger partial charge in [0, 0.05) is 17.5 Å². The van der Waals surface area contributed by atoms with Crippen molar-refractivity contribution >= 4 is 17.2 Å². The van der Waals surface area contributed by atoms with Crippen molar-refractivity contribution in [2.24, 2.45) is 12.8 Å². The summed E-state index contributed by atoms with van der Waals surface area (Å²) in [7, 11) is 1.98. The molecule has 0 atom stereocenters. The van der Waals surface area contributed by atoms with E-state index in [2.05, 4.69) is 12.0 Å². The third-order valence-electron chi connectivity index (χ3n) is 4.46. The fourth-order valence-corrected chi connectivity index (χ4v) is 4.61. The summed E-state index contributed by atoms with van der Waals surface area (Å²) in [5.74, 6) is -0.285. The van der Waals surface area contributed by atoms with Crippen LogP contribution in [0.25, 0.3) is 11.3 Å². The number of nitrogens with two attached hydrogens (primary N) is 1. The van der Waals surface area contributed by atoms with Crippen LogP contribution in [0.5, 0.6) is 0 Å². The summed E-state index contributed by atoms with van der Waals surface area (Å²) >= 11 is 1.60. The molecule has 2 heterocycles. The molecule has 3 rings (SSSR count). The third-order valence-corrected chi connectivity index (χ3v) is 5.76. The van der Waals surface area contributed by atoms with Crippen LogP contribution >= 0.6 is 11.3 Å². The lowest BCUT2D eigenvalue weighted by atomic mass is 9.89. The molecule has 0 fully saturated rings. The Morgan fingerprint density at radius 2 is 2.18 bits per heavy atom. The number of hydrogen-bond donors (Lipinski definition) is 1. The van der Waals surface area contributed by atoms with Crippen molar-refractivity contribution in [1.82, 2.24) is 9.78 Å². The van der Waals surface area contributed by atoms with Gasteiger partial charge >= 0.3 is 0 Å². The number of nitrogens with zero attached hydrogens (tertiary/aromatic N) is 2. The maximum atomic E-state index is 11.8. The van der Waals surface area contributed by atoms with Crippen LogP contribution in [0.3, 0.4) is 0 Å². The van der Waals surface area contributed by atoms with E-state index in [-0.39, 0.29) is 5.91 Å². The first-order valence-corrected chi connectivity index (χ1v) is 8.90. The Labute approximate surface area is 135 Å². The minimum Gasteiger partial charge on any atom is -0.365 e. The Kier molecular flexibility index (Phi) is 4.34. The van der Waals surface area contributed by atoms with Crippen LogP contribution in [0.1, 0.15) is 58.3 Å². The van der Waals surface area contributed by atoms with E-state index in [1.165, 1.54) is 47.4 Å². The van der Waals surface area contributed by atoms with Crippen molar-refractivity contribution in [3.8, 4) is 11.3 Å². The van der Waals surface area contributed by atoms with Crippen LogP contribution in [-0.4, -0.2) is 15.7 Å². The number of unbranched alkanes of at least 4 members (excludes halogenated alkanes) is 3. The normalized spacial score (nSPS) is 13.0. The van der Waals surface area contributed by atoms with Gasteiger partial charge in [0.1, 0.15) is 0 Å². The predicted molar refractivity (Wildman–Crippen MR) is 90.3 cm³/mol. The number of rotatable bonds is 6. The van der Waals surface area contributed by atoms with E-state index in [0.717, 1.165) is 29.7 Å². The van der Waals surface area contributed by atoms with E-state index >= 15 is 0 Å². The molecule has 0 radical (unpaired) electrons. The Bertz CT molecular complexity index is 699. The molecule has 22 heavy (non-hydrogen) atoms. The highest BCUT2D eigenvalue weighted by molar-refractivity contribution is 7.14. The van der Waals surface area contributed by atoms with Crippen molar-refractivity contribution in [2.45, 2.75) is 51.9 Å². The van der Waals surface area contributed by atoms with Gasteiger partial charge in [-0.15, -0.1) is 11.3 Å². The lowest BCUT2D eigenvalue weighted by molar-refractivity contribution is 0.100. The summed E-state index contributed by atoms with van der Waals surface area (Å²) in [4.78, 5) is 13.9. The summed E-state index contributed by atoms with van der Waals surface area (Å²) < 4.78 is 1.94. The highest BCUT2D eigenvalue weighted by Gasteiger charge is 2.29. The minimum atomic E-state index is -0.285. The summed E-state index contributed by atoms with van der Waals surface area (Å²) in [6, 6.07) is 0. The molecule has 0 bridgehead atoms. The number of carbonyl (C=O) groups excluding carboxylic acids is 1. The molecule has 0 spiro atoms. The molecule has 2 aromatic rings. The molecule has 2 aromatic heterocycles. The monoisotopic (exact) mass is 317 g/mol. The van der Waals surface area contributed by atoms with Crippen LogP contribution in [0.2, 0.25) is 0 Å². The van der Waals surface area contributed by atoms with E-state index in [0.29, 0.717) is 0 Å². The third kappa shape index (κ3) is 2.58. The number of amides is 1. The van der Waals surface area contributed by atoms with Gasteiger partial charge in [-0.3, -0.25) is 9.48 Å². The highest BCUT2D eigenvalue weighted by Crippen LogP contribution is 2.42. The molecule has 2 N–H and O–H groups in total. The Balaban J connectivity index is 2.01. The largest absolute Gasteiger partial charge is 0.365 e. The van der Waals surface area contributed by atoms with Gasteiger partial charge in [0.2, 0.25) is 0 Å². The van der Waals surface area contributed by atoms with Crippen LogP contribution in [0.4, 0.5) is 0 Å². The van der Waals surface area contributed by atoms with Gasteiger partial charge in [0.15, 0.2) is 0 Å². The van der Waals surface area contributed by atoms with Gasteiger partial charge in [0.25, 0.3) is 5.91 Å². The van der Waals surface area contributed by atoms with E-state index in [1.807, 2.05) is 17.9 Å². The molecular formula is C17H23N3OS. The first-order chi connectivity index (χ1) is 10.6. The van der Waals surface area contributed by atoms with Gasteiger partial charge < -0.3 is 5.73 Å². The summed E-state index contributed by atoms with van der Waals surface area (Å²) in [6.45, 7) is 2.22. The van der Waals surface area contributed by atoms with Gasteiger partial charge in [-0.1, -0.05) is 26.2 Å². The lowest BCUT2D eigenvalue weighted by Gasteiger charge is -2.16. The molecule has 1 aliphatic carbocycles. The fraction of sp³-hybridized carbons (Fsp3) is 0.529. The number of fused-ring (bicyclic) bond motifs is 3. The second kappa shape index (κ2) is 6.24. The van der Waals surface area contributed by atoms with Crippen molar-refractivity contribution in [3.63, 3.8) is 0 Å². The number of primary amides is 1. The maximum Gasteiger partial charge on any atom is 0.259 e. The molecule has 4 nitrogen and oxygen atoms in total. The van der Waals surface area contributed by atoms with Gasteiger partial charge in [-0.25, -0.2) is 0 Å². The lowest BCUT2D eigenvalue weighted by Crippen LogP contribution is -2.13. The number of carbonyl (C=O) groups is 1. The average molecular weight is 317 g/mol. The topological polar surface area (TPSA) is 60.9 Å². The smallest absolute Gasteiger partial charge is 0.259 e. The summed E-state index contributed by atoms with van der Waals surface area (Å²) in [5, 5.41) is 4.41. The van der Waals surface area contributed by atoms with Crippen LogP contribution in [-0.2, 0) is 26.3 Å². The predicted octanol–water partition coefficient (Wildman–Crippen LogP) is 3.47. The van der Waals surface area contributed by atoms with Gasteiger partial charge in [0.05, 0.1) is 16.8 Å². The quantitative estimate of drug-likeness (QED) is 0.829. The first kappa shape index (κ1) is 15.3. The maximum absolute atomic E-state index is 11.8. The van der Waals surface area contributed by atoms with E-state index in [1.54, 1.807) is 11.3 Å². The van der Waals surface area contributed by atoms with Crippen LogP contribution in [0, 0.1) is 0 Å². The molecular weight excluding hydrogens is 294 g/mol. The second-order valence-electron chi connectivity index (χ2n) is 6.02. The standard InChI is InChI=1S/C17H23N3OS/c1-3-4-5-6-7-13-14-12(16(22-13)17(18)21)9-8-11-10-19-20(2)15(11)14/h10H,3-9H2,1-2H3,(H2,18,21). The van der Waals surface area contributed by atoms with Crippen molar-refractivity contribution < 1.29 is 4.79 Å². The molecule has 1 amide bonds. The van der Waals surface area contributed by atoms with Crippen LogP contribution in [0.15, 0.2) is 6.20 Å². The second-order valence-corrected chi connectivity index (χ2v) is 7.13. The zero-order valence-electron chi connectivity index (χ0n) is 13.3. The van der Waals surface area contributed by atoms with E-state index in [9.17, 15) is 4.79 Å². The Morgan fingerprint density at radius 3 is 2.91 bits per heavy atom. The van der Waals surface area contributed by atoms with E-state index < -0.39 is 0 Å². The Hall–Kier alpha value is -1.62. The fourth-order valence-electron chi connectivity index (χ4n) is 3.37. The first-order valence-electron chi connectivity index (χ1n) is 8.09. The molecule has 5 heteroatoms. The minimum absolute atomic E-state index is 0.285. The molecule has 1 aliphatic rings. The molecule has 0 aromatic carbocycles. The molecule has 0 saturated carbocycles. The molecule has 0 aliphatic heterocycles. The number of hydrogen-bond acceptors (Lipinski definition) is 3. The van der Waals surface area contributed by atoms with E-state index in [4.69, 9.17) is 5.73 Å². The van der Waals surface area contributed by atoms with Gasteiger partial charge in [-0.2, -0.15) is 5.10 Å². The summed E-state index contributed by atoms with van der Waals surface area (Å²) in [6.07, 6.45) is 9.76. The van der Waals surface area contributed by atoms with Crippen molar-refractivity contribution in [2.75, 3.05) is 0 Å². The average Bonchev–Trinajstić information content (AvgIpc) is 3.05. The van der Waals surface area contributed by atoms with Crippen molar-refractivity contribution in [3.05, 3.63) is 27.1 Å². The molecule has 118 valence electrons. The summed E-state index contributed by atoms with van der Waals surface area (Å²) in [5.41, 5.74) is 10.5. The molecule has 0 saturated heterocycles. The number of aryl methyl sites for hydroxylation is 3. The van der Waals surface area contributed by atoms with Crippen LogP contribution < -0.4 is 5.73 Å². The van der Waals surface area contributed by atoms with Gasteiger partial charge in [-0.05, 0) is 36.8 Å². The molecule has 0 unspecified atom stereocenters. The zero-order chi connectivity index (χ0) is 15.7.